The van der Waals surface area contributed by atoms with E-state index in [1.54, 1.807) is 0 Å². The van der Waals surface area contributed by atoms with Gasteiger partial charge in [-0.25, -0.2) is 0 Å². The van der Waals surface area contributed by atoms with Crippen LogP contribution in [0.5, 0.6) is 0 Å². The molecule has 1 heterocycles. The van der Waals surface area contributed by atoms with Gasteiger partial charge in [0.05, 0.1) is 13.2 Å². The first kappa shape index (κ1) is 15.8. The maximum Gasteiger partial charge on any atom is 0.146 e. The molecule has 1 fully saturated rings. The standard InChI is InChI=1S/C15H28O2Si/c1-12(2)18(13(3)4,14(5)6)9-7-8-16-10-15-11-17-15/h12-15H,8,10-11H2,1-6H3/t15-/m1/s1. The number of rotatable bonds is 6. The Balaban J connectivity index is 2.61. The lowest BCUT2D eigenvalue weighted by atomic mass is 10.5. The highest BCUT2D eigenvalue weighted by Gasteiger charge is 2.41. The zero-order valence-electron chi connectivity index (χ0n) is 12.7. The van der Waals surface area contributed by atoms with Crippen molar-refractivity contribution in [3.63, 3.8) is 0 Å². The summed E-state index contributed by atoms with van der Waals surface area (Å²) < 4.78 is 10.6. The maximum atomic E-state index is 5.52. The van der Waals surface area contributed by atoms with E-state index in [1.165, 1.54) is 0 Å². The van der Waals surface area contributed by atoms with Gasteiger partial charge in [-0.1, -0.05) is 47.5 Å². The van der Waals surface area contributed by atoms with Crippen LogP contribution in [0.4, 0.5) is 0 Å². The highest BCUT2D eigenvalue weighted by molar-refractivity contribution is 6.90. The fourth-order valence-corrected chi connectivity index (χ4v) is 8.27. The Morgan fingerprint density at radius 1 is 1.11 bits per heavy atom. The van der Waals surface area contributed by atoms with E-state index < -0.39 is 8.07 Å². The lowest BCUT2D eigenvalue weighted by Crippen LogP contribution is -2.43. The largest absolute Gasteiger partial charge is 0.371 e. The van der Waals surface area contributed by atoms with Gasteiger partial charge in [0, 0.05) is 0 Å². The molecule has 18 heavy (non-hydrogen) atoms. The number of hydrogen-bond donors (Lipinski definition) is 0. The van der Waals surface area contributed by atoms with Gasteiger partial charge >= 0.3 is 0 Å². The van der Waals surface area contributed by atoms with Crippen LogP contribution in [-0.2, 0) is 9.47 Å². The van der Waals surface area contributed by atoms with Crippen LogP contribution < -0.4 is 0 Å². The van der Waals surface area contributed by atoms with Gasteiger partial charge in [-0.3, -0.25) is 0 Å². The van der Waals surface area contributed by atoms with Gasteiger partial charge in [0.1, 0.15) is 20.8 Å². The summed E-state index contributed by atoms with van der Waals surface area (Å²) in [5.41, 5.74) is 5.72. The van der Waals surface area contributed by atoms with Crippen molar-refractivity contribution in [1.82, 2.24) is 0 Å². The SMILES string of the molecule is CC(C)[Si](C#CCOC[C@@H]1CO1)(C(C)C)C(C)C. The highest BCUT2D eigenvalue weighted by Crippen LogP contribution is 2.40. The molecule has 0 spiro atoms. The summed E-state index contributed by atoms with van der Waals surface area (Å²) in [6.07, 6.45) is 0.342. The Morgan fingerprint density at radius 2 is 1.61 bits per heavy atom. The third kappa shape index (κ3) is 3.84. The Labute approximate surface area is 113 Å². The van der Waals surface area contributed by atoms with Crippen molar-refractivity contribution in [2.24, 2.45) is 0 Å². The normalized spacial score (nSPS) is 19.3. The molecule has 0 N–H and O–H groups in total. The number of epoxide rings is 1. The van der Waals surface area contributed by atoms with Crippen LogP contribution in [0.2, 0.25) is 16.6 Å². The van der Waals surface area contributed by atoms with E-state index in [9.17, 15) is 0 Å². The summed E-state index contributed by atoms with van der Waals surface area (Å²) >= 11 is 0. The first-order valence-corrected chi connectivity index (χ1v) is 9.33. The average molecular weight is 268 g/mol. The van der Waals surface area contributed by atoms with Crippen molar-refractivity contribution in [3.8, 4) is 11.5 Å². The predicted molar refractivity (Wildman–Crippen MR) is 79.4 cm³/mol. The van der Waals surface area contributed by atoms with E-state index in [0.717, 1.165) is 6.61 Å². The van der Waals surface area contributed by atoms with Gasteiger partial charge in [0.25, 0.3) is 0 Å². The average Bonchev–Trinajstić information content (AvgIpc) is 3.05. The van der Waals surface area contributed by atoms with E-state index in [2.05, 4.69) is 53.0 Å². The topological polar surface area (TPSA) is 21.8 Å². The summed E-state index contributed by atoms with van der Waals surface area (Å²) in [4.78, 5) is 0. The quantitative estimate of drug-likeness (QED) is 0.318. The first-order chi connectivity index (χ1) is 8.41. The fourth-order valence-electron chi connectivity index (χ4n) is 3.03. The molecule has 0 aromatic heterocycles. The smallest absolute Gasteiger partial charge is 0.146 e. The molecule has 0 unspecified atom stereocenters. The van der Waals surface area contributed by atoms with Crippen LogP contribution in [-0.4, -0.2) is 34.0 Å². The van der Waals surface area contributed by atoms with E-state index in [0.29, 0.717) is 35.9 Å². The zero-order valence-corrected chi connectivity index (χ0v) is 13.7. The molecule has 0 radical (unpaired) electrons. The molecule has 0 aromatic carbocycles. The molecule has 1 rings (SSSR count). The van der Waals surface area contributed by atoms with Crippen molar-refractivity contribution in [2.45, 2.75) is 64.3 Å². The van der Waals surface area contributed by atoms with Crippen molar-refractivity contribution in [1.29, 1.82) is 0 Å². The second kappa shape index (κ2) is 6.74. The van der Waals surface area contributed by atoms with Crippen molar-refractivity contribution in [3.05, 3.63) is 0 Å². The summed E-state index contributed by atoms with van der Waals surface area (Å²) in [7, 11) is -1.56. The molecule has 1 saturated heterocycles. The maximum absolute atomic E-state index is 5.52. The molecule has 0 aromatic rings. The molecule has 0 amide bonds. The van der Waals surface area contributed by atoms with Crippen LogP contribution in [0, 0.1) is 11.5 Å². The first-order valence-electron chi connectivity index (χ1n) is 7.10. The van der Waals surface area contributed by atoms with Crippen molar-refractivity contribution >= 4 is 8.07 Å². The van der Waals surface area contributed by atoms with Gasteiger partial charge in [-0.2, -0.15) is 0 Å². The second-order valence-electron chi connectivity index (χ2n) is 6.17. The van der Waals surface area contributed by atoms with Gasteiger partial charge < -0.3 is 9.47 Å². The minimum atomic E-state index is -1.56. The molecule has 1 aliphatic heterocycles. The van der Waals surface area contributed by atoms with Crippen LogP contribution in [0.3, 0.4) is 0 Å². The number of hydrogen-bond acceptors (Lipinski definition) is 2. The third-order valence-corrected chi connectivity index (χ3v) is 10.4. The van der Waals surface area contributed by atoms with Crippen LogP contribution in [0.1, 0.15) is 41.5 Å². The fraction of sp³-hybridized carbons (Fsp3) is 0.867. The lowest BCUT2D eigenvalue weighted by molar-refractivity contribution is 0.145. The van der Waals surface area contributed by atoms with Crippen LogP contribution in [0.25, 0.3) is 0 Å². The van der Waals surface area contributed by atoms with E-state index in [1.807, 2.05) is 0 Å². The van der Waals surface area contributed by atoms with Gasteiger partial charge in [-0.05, 0) is 16.6 Å². The molecular weight excluding hydrogens is 240 g/mol. The van der Waals surface area contributed by atoms with E-state index in [4.69, 9.17) is 9.47 Å². The van der Waals surface area contributed by atoms with Gasteiger partial charge in [-0.15, -0.1) is 5.54 Å². The Kier molecular flexibility index (Phi) is 5.90. The zero-order chi connectivity index (χ0) is 13.8. The molecule has 104 valence electrons. The molecule has 0 aliphatic carbocycles. The number of ether oxygens (including phenoxy) is 2. The minimum absolute atomic E-state index is 0.342. The Bertz CT molecular complexity index is 286. The summed E-state index contributed by atoms with van der Waals surface area (Å²) in [6, 6.07) is 0. The molecule has 2 nitrogen and oxygen atoms in total. The van der Waals surface area contributed by atoms with E-state index >= 15 is 0 Å². The van der Waals surface area contributed by atoms with Crippen molar-refractivity contribution < 1.29 is 9.47 Å². The Morgan fingerprint density at radius 3 is 2.00 bits per heavy atom. The Hall–Kier alpha value is -0.303. The molecule has 0 bridgehead atoms. The monoisotopic (exact) mass is 268 g/mol. The molecule has 0 saturated carbocycles. The van der Waals surface area contributed by atoms with Crippen LogP contribution >= 0.6 is 0 Å². The van der Waals surface area contributed by atoms with Gasteiger partial charge in [0.15, 0.2) is 0 Å². The second-order valence-corrected chi connectivity index (χ2v) is 11.7. The predicted octanol–water partition coefficient (Wildman–Crippen LogP) is 3.62. The van der Waals surface area contributed by atoms with Crippen LogP contribution in [0.15, 0.2) is 0 Å². The lowest BCUT2D eigenvalue weighted by Gasteiger charge is -2.38. The molecule has 1 atom stereocenters. The molecule has 1 aliphatic rings. The minimum Gasteiger partial charge on any atom is -0.371 e. The highest BCUT2D eigenvalue weighted by atomic mass is 28.3. The summed E-state index contributed by atoms with van der Waals surface area (Å²) in [5.74, 6) is 3.29. The third-order valence-electron chi connectivity index (χ3n) is 4.05. The van der Waals surface area contributed by atoms with Gasteiger partial charge in [0.2, 0.25) is 0 Å². The molecular formula is C15H28O2Si. The van der Waals surface area contributed by atoms with Crippen molar-refractivity contribution in [2.75, 3.05) is 19.8 Å². The summed E-state index contributed by atoms with van der Waals surface area (Å²) in [5, 5.41) is 0. The van der Waals surface area contributed by atoms with E-state index in [-0.39, 0.29) is 0 Å². The molecule has 3 heteroatoms. The summed E-state index contributed by atoms with van der Waals surface area (Å²) in [6.45, 7) is 16.1.